The van der Waals surface area contributed by atoms with Gasteiger partial charge in [0.25, 0.3) is 5.91 Å². The van der Waals surface area contributed by atoms with Crippen LogP contribution in [0.15, 0.2) is 76.3 Å². The zero-order chi connectivity index (χ0) is 22.2. The molecule has 0 spiro atoms. The molecular formula is C23H18BrClN2O4. The van der Waals surface area contributed by atoms with Crippen molar-refractivity contribution in [2.75, 3.05) is 6.61 Å². The number of hydrazone groups is 1. The molecule has 0 atom stereocenters. The summed E-state index contributed by atoms with van der Waals surface area (Å²) in [5.74, 6) is -0.105. The van der Waals surface area contributed by atoms with Gasteiger partial charge in [-0.2, -0.15) is 5.10 Å². The highest BCUT2D eigenvalue weighted by molar-refractivity contribution is 9.10. The topological polar surface area (TPSA) is 77.0 Å². The minimum absolute atomic E-state index is 0.216. The molecule has 0 unspecified atom stereocenters. The monoisotopic (exact) mass is 500 g/mol. The van der Waals surface area contributed by atoms with Crippen molar-refractivity contribution in [1.29, 1.82) is 0 Å². The van der Waals surface area contributed by atoms with Crippen LogP contribution in [0.1, 0.15) is 21.5 Å². The van der Waals surface area contributed by atoms with E-state index in [9.17, 15) is 9.59 Å². The number of amides is 1. The van der Waals surface area contributed by atoms with Gasteiger partial charge in [0.15, 0.2) is 6.61 Å². The Bertz CT molecular complexity index is 1120. The maximum atomic E-state index is 12.5. The van der Waals surface area contributed by atoms with Crippen LogP contribution in [0.25, 0.3) is 0 Å². The van der Waals surface area contributed by atoms with E-state index in [2.05, 4.69) is 26.5 Å². The first kappa shape index (κ1) is 22.5. The second kappa shape index (κ2) is 10.7. The number of nitrogens with one attached hydrogen (secondary N) is 1. The standard InChI is InChI=1S/C23H18BrClN2O4/c1-15-3-2-4-16(11-15)23(29)31-21-10-5-18(24)12-17(21)13-26-27-22(28)14-30-20-8-6-19(25)7-9-20/h2-13H,14H2,1H3,(H,27,28)/b26-13+. The second-order valence-electron chi connectivity index (χ2n) is 6.48. The van der Waals surface area contributed by atoms with E-state index in [1.54, 1.807) is 60.7 Å². The lowest BCUT2D eigenvalue weighted by Crippen LogP contribution is -2.24. The Hall–Kier alpha value is -3.16. The Morgan fingerprint density at radius 2 is 1.87 bits per heavy atom. The smallest absolute Gasteiger partial charge is 0.343 e. The van der Waals surface area contributed by atoms with Gasteiger partial charge in [-0.05, 0) is 61.5 Å². The molecule has 0 fully saturated rings. The fourth-order valence-electron chi connectivity index (χ4n) is 2.53. The molecule has 3 aromatic carbocycles. The van der Waals surface area contributed by atoms with Crippen molar-refractivity contribution < 1.29 is 19.1 Å². The number of nitrogens with zero attached hydrogens (tertiary/aromatic N) is 1. The van der Waals surface area contributed by atoms with E-state index in [4.69, 9.17) is 21.1 Å². The Balaban J connectivity index is 1.61. The van der Waals surface area contributed by atoms with Crippen LogP contribution in [0.2, 0.25) is 5.02 Å². The highest BCUT2D eigenvalue weighted by Gasteiger charge is 2.12. The fraction of sp³-hybridized carbons (Fsp3) is 0.0870. The number of halogens is 2. The zero-order valence-electron chi connectivity index (χ0n) is 16.5. The number of aryl methyl sites for hydroxylation is 1. The first-order valence-corrected chi connectivity index (χ1v) is 10.4. The third-order valence-electron chi connectivity index (χ3n) is 4.00. The van der Waals surface area contributed by atoms with Crippen molar-refractivity contribution in [2.24, 2.45) is 5.10 Å². The maximum absolute atomic E-state index is 12.5. The summed E-state index contributed by atoms with van der Waals surface area (Å²) in [6, 6.07) is 18.9. The van der Waals surface area contributed by atoms with E-state index in [0.717, 1.165) is 10.0 Å². The molecule has 0 radical (unpaired) electrons. The van der Waals surface area contributed by atoms with Crippen LogP contribution in [0.4, 0.5) is 0 Å². The summed E-state index contributed by atoms with van der Waals surface area (Å²) in [5.41, 5.74) is 4.28. The third kappa shape index (κ3) is 6.94. The molecule has 0 saturated carbocycles. The predicted octanol–water partition coefficient (Wildman–Crippen LogP) is 5.16. The van der Waals surface area contributed by atoms with Crippen molar-refractivity contribution in [3.05, 3.63) is 92.9 Å². The zero-order valence-corrected chi connectivity index (χ0v) is 18.8. The van der Waals surface area contributed by atoms with E-state index in [-0.39, 0.29) is 6.61 Å². The molecule has 3 aromatic rings. The Morgan fingerprint density at radius 1 is 1.10 bits per heavy atom. The SMILES string of the molecule is Cc1cccc(C(=O)Oc2ccc(Br)cc2/C=N/NC(=O)COc2ccc(Cl)cc2)c1. The summed E-state index contributed by atoms with van der Waals surface area (Å²) < 4.78 is 11.6. The molecule has 1 amide bonds. The maximum Gasteiger partial charge on any atom is 0.343 e. The van der Waals surface area contributed by atoms with Gasteiger partial charge in [-0.15, -0.1) is 0 Å². The number of esters is 1. The van der Waals surface area contributed by atoms with Crippen LogP contribution in [0.3, 0.4) is 0 Å². The van der Waals surface area contributed by atoms with Crippen molar-refractivity contribution in [2.45, 2.75) is 6.92 Å². The number of hydrogen-bond donors (Lipinski definition) is 1. The molecule has 8 heteroatoms. The second-order valence-corrected chi connectivity index (χ2v) is 7.83. The van der Waals surface area contributed by atoms with Crippen molar-refractivity contribution in [3.8, 4) is 11.5 Å². The van der Waals surface area contributed by atoms with Crippen molar-refractivity contribution in [3.63, 3.8) is 0 Å². The molecule has 0 aromatic heterocycles. The molecule has 1 N–H and O–H groups in total. The highest BCUT2D eigenvalue weighted by atomic mass is 79.9. The van der Waals surface area contributed by atoms with Gasteiger partial charge in [-0.25, -0.2) is 10.2 Å². The third-order valence-corrected chi connectivity index (χ3v) is 4.75. The van der Waals surface area contributed by atoms with Crippen LogP contribution in [-0.4, -0.2) is 24.7 Å². The summed E-state index contributed by atoms with van der Waals surface area (Å²) in [5, 5.41) is 4.50. The molecule has 3 rings (SSSR count). The lowest BCUT2D eigenvalue weighted by molar-refractivity contribution is -0.123. The first-order chi connectivity index (χ1) is 14.9. The van der Waals surface area contributed by atoms with Gasteiger partial charge in [0.05, 0.1) is 11.8 Å². The van der Waals surface area contributed by atoms with E-state index in [1.165, 1.54) is 6.21 Å². The van der Waals surface area contributed by atoms with Gasteiger partial charge < -0.3 is 9.47 Å². The van der Waals surface area contributed by atoms with Gasteiger partial charge in [-0.3, -0.25) is 4.79 Å². The van der Waals surface area contributed by atoms with Crippen molar-refractivity contribution in [1.82, 2.24) is 5.43 Å². The summed E-state index contributed by atoms with van der Waals surface area (Å²) in [6.45, 7) is 1.68. The Labute approximate surface area is 193 Å². The average Bonchev–Trinajstić information content (AvgIpc) is 2.75. The Kier molecular flexibility index (Phi) is 7.81. The quantitative estimate of drug-likeness (QED) is 0.210. The molecule has 6 nitrogen and oxygen atoms in total. The first-order valence-electron chi connectivity index (χ1n) is 9.19. The van der Waals surface area contributed by atoms with E-state index < -0.39 is 11.9 Å². The number of ether oxygens (including phenoxy) is 2. The summed E-state index contributed by atoms with van der Waals surface area (Å²) in [7, 11) is 0. The minimum Gasteiger partial charge on any atom is -0.484 e. The number of carbonyl (C=O) groups is 2. The lowest BCUT2D eigenvalue weighted by Gasteiger charge is -2.09. The summed E-state index contributed by atoms with van der Waals surface area (Å²) >= 11 is 9.18. The minimum atomic E-state index is -0.485. The van der Waals surface area contributed by atoms with Crippen LogP contribution >= 0.6 is 27.5 Å². The fourth-order valence-corrected chi connectivity index (χ4v) is 3.03. The normalized spacial score (nSPS) is 10.7. The number of carbonyl (C=O) groups excluding carboxylic acids is 2. The summed E-state index contributed by atoms with van der Waals surface area (Å²) in [4.78, 5) is 24.4. The van der Waals surface area contributed by atoms with E-state index in [1.807, 2.05) is 13.0 Å². The molecule has 31 heavy (non-hydrogen) atoms. The average molecular weight is 502 g/mol. The van der Waals surface area contributed by atoms with Crippen LogP contribution < -0.4 is 14.9 Å². The molecule has 0 bridgehead atoms. The molecule has 0 aliphatic rings. The molecule has 0 heterocycles. The number of rotatable bonds is 7. The van der Waals surface area contributed by atoms with Gasteiger partial charge in [0, 0.05) is 15.1 Å². The molecule has 158 valence electrons. The van der Waals surface area contributed by atoms with Crippen LogP contribution in [-0.2, 0) is 4.79 Å². The van der Waals surface area contributed by atoms with Crippen LogP contribution in [0, 0.1) is 6.92 Å². The van der Waals surface area contributed by atoms with E-state index in [0.29, 0.717) is 27.6 Å². The Morgan fingerprint density at radius 3 is 2.61 bits per heavy atom. The van der Waals surface area contributed by atoms with Gasteiger partial charge in [-0.1, -0.05) is 45.2 Å². The summed E-state index contributed by atoms with van der Waals surface area (Å²) in [6.07, 6.45) is 1.39. The largest absolute Gasteiger partial charge is 0.484 e. The van der Waals surface area contributed by atoms with Gasteiger partial charge in [0.2, 0.25) is 0 Å². The number of benzene rings is 3. The lowest BCUT2D eigenvalue weighted by atomic mass is 10.1. The van der Waals surface area contributed by atoms with Crippen molar-refractivity contribution >= 4 is 45.6 Å². The molecule has 0 saturated heterocycles. The highest BCUT2D eigenvalue weighted by Crippen LogP contribution is 2.23. The molecule has 0 aliphatic heterocycles. The van der Waals surface area contributed by atoms with Crippen LogP contribution in [0.5, 0.6) is 11.5 Å². The molecule has 0 aliphatic carbocycles. The van der Waals surface area contributed by atoms with Gasteiger partial charge >= 0.3 is 5.97 Å². The molecular weight excluding hydrogens is 484 g/mol. The number of hydrogen-bond acceptors (Lipinski definition) is 5. The predicted molar refractivity (Wildman–Crippen MR) is 123 cm³/mol. The van der Waals surface area contributed by atoms with E-state index >= 15 is 0 Å². The van der Waals surface area contributed by atoms with Gasteiger partial charge in [0.1, 0.15) is 11.5 Å².